The molecule has 0 unspecified atom stereocenters. The second-order valence-electron chi connectivity index (χ2n) is 5.55. The first-order valence-corrected chi connectivity index (χ1v) is 7.83. The highest BCUT2D eigenvalue weighted by Gasteiger charge is 2.18. The number of rotatable bonds is 6. The van der Waals surface area contributed by atoms with Crippen molar-refractivity contribution in [3.63, 3.8) is 0 Å². The number of hydrogen-bond acceptors (Lipinski definition) is 4. The lowest BCUT2D eigenvalue weighted by atomic mass is 10.1. The molecule has 0 radical (unpaired) electrons. The summed E-state index contributed by atoms with van der Waals surface area (Å²) in [4.78, 5) is 26.1. The molecular weight excluding hydrogens is 308 g/mol. The maximum Gasteiger partial charge on any atom is 0.322 e. The number of hydrogen-bond donors (Lipinski definition) is 2. The number of carbonyl (C=O) groups is 2. The van der Waals surface area contributed by atoms with Gasteiger partial charge in [0, 0.05) is 18.3 Å². The Balaban J connectivity index is 2.03. The molecule has 2 aromatic rings. The Labute approximate surface area is 141 Å². The average Bonchev–Trinajstić information content (AvgIpc) is 3.03. The third-order valence-corrected chi connectivity index (χ3v) is 3.53. The lowest BCUT2D eigenvalue weighted by Gasteiger charge is -2.23. The van der Waals surface area contributed by atoms with Gasteiger partial charge < -0.3 is 20.1 Å². The van der Waals surface area contributed by atoms with Gasteiger partial charge in [-0.25, -0.2) is 4.79 Å². The van der Waals surface area contributed by atoms with Gasteiger partial charge in [-0.05, 0) is 31.4 Å². The average molecular weight is 330 g/mol. The van der Waals surface area contributed by atoms with Crippen LogP contribution in [0.5, 0.6) is 0 Å². The van der Waals surface area contributed by atoms with E-state index in [1.165, 1.54) is 11.2 Å². The molecule has 0 fully saturated rings. The van der Waals surface area contributed by atoms with Crippen LogP contribution >= 0.6 is 0 Å². The van der Waals surface area contributed by atoms with Crippen LogP contribution in [0.4, 0.5) is 16.3 Å². The molecule has 0 bridgehead atoms. The van der Waals surface area contributed by atoms with Crippen molar-refractivity contribution in [3.05, 3.63) is 41.7 Å². The number of aromatic nitrogens is 1. The van der Waals surface area contributed by atoms with Gasteiger partial charge in [0.1, 0.15) is 12.8 Å². The standard InChI is InChI=1S/C17H22N4O3/c1-4-9-21(11-15(22)18-14-8-10-24-20-14)17(23)19-16-12(2)6-5-7-13(16)3/h5-8,10H,4,9,11H2,1-3H3,(H,19,23)(H,18,20,22). The van der Waals surface area contributed by atoms with Crippen LogP contribution in [-0.2, 0) is 4.79 Å². The molecule has 1 heterocycles. The van der Waals surface area contributed by atoms with Crippen LogP contribution in [0.25, 0.3) is 0 Å². The summed E-state index contributed by atoms with van der Waals surface area (Å²) in [6, 6.07) is 7.05. The minimum Gasteiger partial charge on any atom is -0.363 e. The zero-order valence-corrected chi connectivity index (χ0v) is 14.1. The summed E-state index contributed by atoms with van der Waals surface area (Å²) in [5.41, 5.74) is 2.74. The van der Waals surface area contributed by atoms with Gasteiger partial charge in [0.05, 0.1) is 0 Å². The van der Waals surface area contributed by atoms with E-state index >= 15 is 0 Å². The Kier molecular flexibility index (Phi) is 5.95. The third kappa shape index (κ3) is 4.58. The van der Waals surface area contributed by atoms with E-state index in [9.17, 15) is 9.59 Å². The fourth-order valence-electron chi connectivity index (χ4n) is 2.35. The number of anilines is 2. The summed E-state index contributed by atoms with van der Waals surface area (Å²) < 4.78 is 4.66. The summed E-state index contributed by atoms with van der Waals surface area (Å²) in [5.74, 6) is 0.000565. The highest BCUT2D eigenvalue weighted by atomic mass is 16.5. The second kappa shape index (κ2) is 8.14. The van der Waals surface area contributed by atoms with Gasteiger partial charge in [-0.3, -0.25) is 4.79 Å². The molecule has 2 N–H and O–H groups in total. The molecule has 1 aromatic carbocycles. The van der Waals surface area contributed by atoms with Crippen molar-refractivity contribution in [2.75, 3.05) is 23.7 Å². The first-order chi connectivity index (χ1) is 11.5. The predicted molar refractivity (Wildman–Crippen MR) is 91.9 cm³/mol. The van der Waals surface area contributed by atoms with Crippen molar-refractivity contribution < 1.29 is 14.1 Å². The molecule has 0 aliphatic heterocycles. The van der Waals surface area contributed by atoms with Gasteiger partial charge in [-0.1, -0.05) is 30.3 Å². The van der Waals surface area contributed by atoms with Gasteiger partial charge in [0.25, 0.3) is 0 Å². The largest absolute Gasteiger partial charge is 0.363 e. The van der Waals surface area contributed by atoms with Crippen LogP contribution in [0, 0.1) is 13.8 Å². The van der Waals surface area contributed by atoms with Crippen molar-refractivity contribution in [1.29, 1.82) is 0 Å². The lowest BCUT2D eigenvalue weighted by molar-refractivity contribution is -0.116. The van der Waals surface area contributed by atoms with Gasteiger partial charge >= 0.3 is 6.03 Å². The monoisotopic (exact) mass is 330 g/mol. The van der Waals surface area contributed by atoms with Crippen LogP contribution in [0.15, 0.2) is 35.1 Å². The minimum atomic E-state index is -0.325. The number of benzene rings is 1. The molecular formula is C17H22N4O3. The highest BCUT2D eigenvalue weighted by molar-refractivity contribution is 5.97. The molecule has 0 aliphatic rings. The van der Waals surface area contributed by atoms with Gasteiger partial charge in [0.2, 0.25) is 5.91 Å². The number of nitrogens with one attached hydrogen (secondary N) is 2. The molecule has 24 heavy (non-hydrogen) atoms. The van der Waals surface area contributed by atoms with E-state index in [4.69, 9.17) is 0 Å². The van der Waals surface area contributed by atoms with Crippen molar-refractivity contribution >= 4 is 23.4 Å². The van der Waals surface area contributed by atoms with Crippen molar-refractivity contribution in [2.24, 2.45) is 0 Å². The van der Waals surface area contributed by atoms with Gasteiger partial charge in [0.15, 0.2) is 5.82 Å². The molecule has 0 aliphatic carbocycles. The van der Waals surface area contributed by atoms with Crippen molar-refractivity contribution in [1.82, 2.24) is 10.1 Å². The maximum absolute atomic E-state index is 12.5. The molecule has 0 spiro atoms. The highest BCUT2D eigenvalue weighted by Crippen LogP contribution is 2.20. The quantitative estimate of drug-likeness (QED) is 0.851. The number of nitrogens with zero attached hydrogens (tertiary/aromatic N) is 2. The fraction of sp³-hybridized carbons (Fsp3) is 0.353. The normalized spacial score (nSPS) is 10.3. The van der Waals surface area contributed by atoms with Crippen molar-refractivity contribution in [2.45, 2.75) is 27.2 Å². The van der Waals surface area contributed by atoms with Crippen molar-refractivity contribution in [3.8, 4) is 0 Å². The van der Waals surface area contributed by atoms with E-state index in [0.717, 1.165) is 23.2 Å². The second-order valence-corrected chi connectivity index (χ2v) is 5.55. The minimum absolute atomic E-state index is 0.0581. The zero-order chi connectivity index (χ0) is 17.5. The molecule has 128 valence electrons. The zero-order valence-electron chi connectivity index (χ0n) is 14.1. The molecule has 0 saturated heterocycles. The van der Waals surface area contributed by atoms with E-state index in [1.807, 2.05) is 39.0 Å². The summed E-state index contributed by atoms with van der Waals surface area (Å²) >= 11 is 0. The smallest absolute Gasteiger partial charge is 0.322 e. The number of aryl methyl sites for hydroxylation is 2. The molecule has 1 aromatic heterocycles. The van der Waals surface area contributed by atoms with E-state index < -0.39 is 0 Å². The Morgan fingerprint density at radius 3 is 2.46 bits per heavy atom. The predicted octanol–water partition coefficient (Wildman–Crippen LogP) is 3.17. The topological polar surface area (TPSA) is 87.5 Å². The maximum atomic E-state index is 12.5. The number of carbonyl (C=O) groups excluding carboxylic acids is 2. The van der Waals surface area contributed by atoms with Crippen LogP contribution < -0.4 is 10.6 Å². The molecule has 0 atom stereocenters. The third-order valence-electron chi connectivity index (χ3n) is 3.53. The SMILES string of the molecule is CCCN(CC(=O)Nc1ccon1)C(=O)Nc1c(C)cccc1C. The van der Waals surface area contributed by atoms with Gasteiger partial charge in [-0.15, -0.1) is 0 Å². The van der Waals surface area contributed by atoms with E-state index in [2.05, 4.69) is 20.3 Å². The first kappa shape index (κ1) is 17.5. The van der Waals surface area contributed by atoms with Gasteiger partial charge in [-0.2, -0.15) is 0 Å². The number of amides is 3. The lowest BCUT2D eigenvalue weighted by Crippen LogP contribution is -2.41. The van der Waals surface area contributed by atoms with Crippen LogP contribution in [0.2, 0.25) is 0 Å². The Morgan fingerprint density at radius 1 is 1.17 bits per heavy atom. The molecule has 7 nitrogen and oxygen atoms in total. The van der Waals surface area contributed by atoms with E-state index in [1.54, 1.807) is 6.07 Å². The number of para-hydroxylation sites is 1. The summed E-state index contributed by atoms with van der Waals surface area (Å²) in [7, 11) is 0. The molecule has 2 rings (SSSR count). The van der Waals surface area contributed by atoms with E-state index in [0.29, 0.717) is 12.4 Å². The molecule has 0 saturated carbocycles. The van der Waals surface area contributed by atoms with Crippen LogP contribution in [0.1, 0.15) is 24.5 Å². The van der Waals surface area contributed by atoms with Crippen LogP contribution in [-0.4, -0.2) is 35.1 Å². The summed E-state index contributed by atoms with van der Waals surface area (Å²) in [6.45, 7) is 6.24. The molecule has 7 heteroatoms. The fourth-order valence-corrected chi connectivity index (χ4v) is 2.35. The number of urea groups is 1. The van der Waals surface area contributed by atoms with E-state index in [-0.39, 0.29) is 18.5 Å². The Bertz CT molecular complexity index is 678. The molecule has 3 amide bonds. The summed E-state index contributed by atoms with van der Waals surface area (Å²) in [6.07, 6.45) is 2.12. The summed E-state index contributed by atoms with van der Waals surface area (Å²) in [5, 5.41) is 9.11. The Hall–Kier alpha value is -2.83. The van der Waals surface area contributed by atoms with Crippen LogP contribution in [0.3, 0.4) is 0 Å². The first-order valence-electron chi connectivity index (χ1n) is 7.83. The Morgan fingerprint density at radius 2 is 1.88 bits per heavy atom.